The lowest BCUT2D eigenvalue weighted by atomic mass is 10.1. The highest BCUT2D eigenvalue weighted by molar-refractivity contribution is 5.93. The van der Waals surface area contributed by atoms with Gasteiger partial charge in [0.1, 0.15) is 23.1 Å². The number of nitrogens with zero attached hydrogens (tertiary/aromatic N) is 1. The van der Waals surface area contributed by atoms with Gasteiger partial charge in [-0.25, -0.2) is 8.78 Å². The molecule has 2 aromatic carbocycles. The number of halogens is 2. The second-order valence-electron chi connectivity index (χ2n) is 5.32. The smallest absolute Gasteiger partial charge is 0.269 e. The maximum Gasteiger partial charge on any atom is 0.269 e. The first-order valence-corrected chi connectivity index (χ1v) is 7.49. The molecule has 0 spiro atoms. The average Bonchev–Trinajstić information content (AvgIpc) is 3.11. The Morgan fingerprint density at radius 1 is 1.20 bits per heavy atom. The molecule has 0 aliphatic carbocycles. The summed E-state index contributed by atoms with van der Waals surface area (Å²) in [6, 6.07) is 12.1. The van der Waals surface area contributed by atoms with Crippen molar-refractivity contribution in [1.29, 1.82) is 0 Å². The quantitative estimate of drug-likeness (QED) is 0.747. The van der Waals surface area contributed by atoms with E-state index in [1.54, 1.807) is 25.3 Å². The number of hydrogen-bond acceptors (Lipinski definition) is 3. The molecule has 1 amide bonds. The van der Waals surface area contributed by atoms with Gasteiger partial charge in [0.15, 0.2) is 0 Å². The van der Waals surface area contributed by atoms with Crippen LogP contribution in [0, 0.1) is 11.6 Å². The number of nitrogens with one attached hydrogen (secondary N) is 2. The van der Waals surface area contributed by atoms with Crippen LogP contribution in [0.25, 0.3) is 11.3 Å². The summed E-state index contributed by atoms with van der Waals surface area (Å²) < 4.78 is 31.6. The number of ether oxygens (including phenoxy) is 1. The second-order valence-corrected chi connectivity index (χ2v) is 5.32. The molecule has 25 heavy (non-hydrogen) atoms. The summed E-state index contributed by atoms with van der Waals surface area (Å²) in [6.07, 6.45) is 0. The molecule has 3 aromatic rings. The van der Waals surface area contributed by atoms with E-state index < -0.39 is 17.5 Å². The van der Waals surface area contributed by atoms with Crippen LogP contribution >= 0.6 is 0 Å². The van der Waals surface area contributed by atoms with E-state index in [9.17, 15) is 13.6 Å². The van der Waals surface area contributed by atoms with Crippen molar-refractivity contribution in [3.8, 4) is 17.0 Å². The van der Waals surface area contributed by atoms with Crippen molar-refractivity contribution < 1.29 is 18.3 Å². The van der Waals surface area contributed by atoms with Gasteiger partial charge in [-0.05, 0) is 24.3 Å². The van der Waals surface area contributed by atoms with Crippen LogP contribution in [0.2, 0.25) is 0 Å². The van der Waals surface area contributed by atoms with E-state index in [0.717, 1.165) is 17.7 Å². The van der Waals surface area contributed by atoms with Crippen LogP contribution < -0.4 is 10.1 Å². The van der Waals surface area contributed by atoms with E-state index in [1.807, 2.05) is 12.1 Å². The number of benzene rings is 2. The van der Waals surface area contributed by atoms with Gasteiger partial charge in [0, 0.05) is 23.7 Å². The van der Waals surface area contributed by atoms with Crippen LogP contribution in [0.4, 0.5) is 8.78 Å². The molecular weight excluding hydrogens is 328 g/mol. The topological polar surface area (TPSA) is 67.0 Å². The fraction of sp³-hybridized carbons (Fsp3) is 0.111. The highest BCUT2D eigenvalue weighted by Crippen LogP contribution is 2.22. The number of H-pyrrole nitrogens is 1. The van der Waals surface area contributed by atoms with Crippen LogP contribution in [0.3, 0.4) is 0 Å². The van der Waals surface area contributed by atoms with Gasteiger partial charge in [0.2, 0.25) is 0 Å². The minimum Gasteiger partial charge on any atom is -0.497 e. The summed E-state index contributed by atoms with van der Waals surface area (Å²) in [4.78, 5) is 12.2. The molecule has 0 atom stereocenters. The molecule has 3 rings (SSSR count). The second kappa shape index (κ2) is 7.12. The van der Waals surface area contributed by atoms with Crippen molar-refractivity contribution in [1.82, 2.24) is 15.5 Å². The lowest BCUT2D eigenvalue weighted by Crippen LogP contribution is -2.23. The van der Waals surface area contributed by atoms with Crippen LogP contribution in [0.5, 0.6) is 5.75 Å². The monoisotopic (exact) mass is 343 g/mol. The standard InChI is InChI=1S/C18H15F2N3O2/c1-25-14-4-2-3-11(7-14)16-9-17(23-22-16)18(24)21-10-12-5-6-13(19)8-15(12)20/h2-9H,10H2,1H3,(H,21,24)(H,22,23). The molecule has 0 saturated heterocycles. The molecule has 0 unspecified atom stereocenters. The number of carbonyl (C=O) groups is 1. The first-order chi connectivity index (χ1) is 12.1. The minimum absolute atomic E-state index is 0.0571. The fourth-order valence-corrected chi connectivity index (χ4v) is 2.30. The Morgan fingerprint density at radius 3 is 2.80 bits per heavy atom. The number of hydrogen-bond donors (Lipinski definition) is 2. The third kappa shape index (κ3) is 3.82. The number of aromatic nitrogens is 2. The first kappa shape index (κ1) is 16.6. The van der Waals surface area contributed by atoms with Gasteiger partial charge in [0.05, 0.1) is 12.8 Å². The lowest BCUT2D eigenvalue weighted by Gasteiger charge is -2.05. The van der Waals surface area contributed by atoms with Crippen molar-refractivity contribution >= 4 is 5.91 Å². The average molecular weight is 343 g/mol. The molecule has 1 heterocycles. The molecule has 2 N–H and O–H groups in total. The highest BCUT2D eigenvalue weighted by atomic mass is 19.1. The number of carbonyl (C=O) groups excluding carboxylic acids is 1. The van der Waals surface area contributed by atoms with Crippen LogP contribution in [0.15, 0.2) is 48.5 Å². The number of rotatable bonds is 5. The maximum absolute atomic E-state index is 13.6. The summed E-state index contributed by atoms with van der Waals surface area (Å²) in [7, 11) is 1.57. The molecule has 0 aliphatic heterocycles. The molecule has 1 aromatic heterocycles. The Kier molecular flexibility index (Phi) is 4.74. The Balaban J connectivity index is 1.70. The molecule has 0 bridgehead atoms. The van der Waals surface area contributed by atoms with Gasteiger partial charge >= 0.3 is 0 Å². The first-order valence-electron chi connectivity index (χ1n) is 7.49. The molecular formula is C18H15F2N3O2. The van der Waals surface area contributed by atoms with Crippen LogP contribution in [-0.4, -0.2) is 23.2 Å². The molecule has 7 heteroatoms. The summed E-state index contributed by atoms with van der Waals surface area (Å²) in [5.41, 5.74) is 1.80. The zero-order valence-corrected chi connectivity index (χ0v) is 13.3. The summed E-state index contributed by atoms with van der Waals surface area (Å²) >= 11 is 0. The van der Waals surface area contributed by atoms with Gasteiger partial charge < -0.3 is 10.1 Å². The molecule has 0 fully saturated rings. The van der Waals surface area contributed by atoms with E-state index in [1.165, 1.54) is 6.07 Å². The van der Waals surface area contributed by atoms with Crippen molar-refractivity contribution in [2.75, 3.05) is 7.11 Å². The zero-order valence-electron chi connectivity index (χ0n) is 13.3. The molecule has 0 radical (unpaired) electrons. The van der Waals surface area contributed by atoms with Crippen molar-refractivity contribution in [2.24, 2.45) is 0 Å². The fourth-order valence-electron chi connectivity index (χ4n) is 2.30. The van der Waals surface area contributed by atoms with Gasteiger partial charge in [-0.3, -0.25) is 9.89 Å². The van der Waals surface area contributed by atoms with Crippen LogP contribution in [-0.2, 0) is 6.54 Å². The summed E-state index contributed by atoms with van der Waals surface area (Å²) in [6.45, 7) is -0.0571. The molecule has 5 nitrogen and oxygen atoms in total. The Hall–Kier alpha value is -3.22. The van der Waals surface area contributed by atoms with E-state index >= 15 is 0 Å². The molecule has 0 saturated carbocycles. The Labute approximate surface area is 142 Å². The van der Waals surface area contributed by atoms with E-state index in [4.69, 9.17) is 4.74 Å². The molecule has 128 valence electrons. The van der Waals surface area contributed by atoms with Gasteiger partial charge in [-0.15, -0.1) is 0 Å². The number of methoxy groups -OCH3 is 1. The van der Waals surface area contributed by atoms with Crippen molar-refractivity contribution in [3.05, 3.63) is 71.4 Å². The third-order valence-corrected chi connectivity index (χ3v) is 3.64. The van der Waals surface area contributed by atoms with E-state index in [0.29, 0.717) is 11.4 Å². The predicted molar refractivity (Wildman–Crippen MR) is 88.1 cm³/mol. The molecule has 0 aliphatic rings. The SMILES string of the molecule is COc1cccc(-c2cc(C(=O)NCc3ccc(F)cc3F)[nH]n2)c1. The van der Waals surface area contributed by atoms with Gasteiger partial charge in [0.25, 0.3) is 5.91 Å². The van der Waals surface area contributed by atoms with Crippen molar-refractivity contribution in [2.45, 2.75) is 6.54 Å². The van der Waals surface area contributed by atoms with E-state index in [-0.39, 0.29) is 17.8 Å². The third-order valence-electron chi connectivity index (χ3n) is 3.64. The lowest BCUT2D eigenvalue weighted by molar-refractivity contribution is 0.0945. The number of amides is 1. The van der Waals surface area contributed by atoms with Crippen molar-refractivity contribution in [3.63, 3.8) is 0 Å². The normalized spacial score (nSPS) is 10.5. The minimum atomic E-state index is -0.706. The summed E-state index contributed by atoms with van der Waals surface area (Å²) in [5, 5.41) is 9.31. The predicted octanol–water partition coefficient (Wildman–Crippen LogP) is 3.29. The highest BCUT2D eigenvalue weighted by Gasteiger charge is 2.12. The van der Waals surface area contributed by atoms with Gasteiger partial charge in [-0.2, -0.15) is 5.10 Å². The Bertz CT molecular complexity index is 909. The largest absolute Gasteiger partial charge is 0.497 e. The van der Waals surface area contributed by atoms with Crippen LogP contribution in [0.1, 0.15) is 16.1 Å². The zero-order chi connectivity index (χ0) is 17.8. The van der Waals surface area contributed by atoms with Gasteiger partial charge in [-0.1, -0.05) is 18.2 Å². The maximum atomic E-state index is 13.6. The Morgan fingerprint density at radius 2 is 2.04 bits per heavy atom. The van der Waals surface area contributed by atoms with E-state index in [2.05, 4.69) is 15.5 Å². The summed E-state index contributed by atoms with van der Waals surface area (Å²) in [5.74, 6) is -1.13. The number of aromatic amines is 1.